The lowest BCUT2D eigenvalue weighted by atomic mass is 10.0. The molecular weight excluding hydrogens is 234 g/mol. The molecule has 0 radical (unpaired) electrons. The number of alkyl halides is 1. The number of rotatable bonds is 4. The van der Waals surface area contributed by atoms with E-state index in [1.54, 1.807) is 0 Å². The maximum atomic E-state index is 12.0. The molecule has 1 amide bonds. The van der Waals surface area contributed by atoms with Gasteiger partial charge in [0.25, 0.3) is 5.91 Å². The van der Waals surface area contributed by atoms with Crippen molar-refractivity contribution in [1.82, 2.24) is 5.32 Å². The number of nitrogens with one attached hydrogen (secondary N) is 1. The van der Waals surface area contributed by atoms with Crippen LogP contribution < -0.4 is 5.32 Å². The van der Waals surface area contributed by atoms with E-state index in [1.807, 2.05) is 45.0 Å². The predicted octanol–water partition coefficient (Wildman–Crippen LogP) is 3.38. The minimum absolute atomic E-state index is 0.0786. The summed E-state index contributed by atoms with van der Waals surface area (Å²) in [5.41, 5.74) is 1.49. The summed E-state index contributed by atoms with van der Waals surface area (Å²) in [4.78, 5) is 12.0. The first-order chi connectivity index (χ1) is 7.86. The zero-order chi connectivity index (χ0) is 13.1. The summed E-state index contributed by atoms with van der Waals surface area (Å²) in [6.45, 7) is 7.81. The van der Waals surface area contributed by atoms with Gasteiger partial charge in [-0.05, 0) is 44.9 Å². The highest BCUT2D eigenvalue weighted by molar-refractivity contribution is 6.21. The Morgan fingerprint density at radius 3 is 2.29 bits per heavy atom. The van der Waals surface area contributed by atoms with Crippen LogP contribution in [0.3, 0.4) is 0 Å². The molecule has 0 aromatic heterocycles. The molecule has 0 aliphatic carbocycles. The van der Waals surface area contributed by atoms with Crippen molar-refractivity contribution in [2.45, 2.75) is 45.0 Å². The maximum absolute atomic E-state index is 12.0. The maximum Gasteiger partial charge on any atom is 0.251 e. The summed E-state index contributed by atoms with van der Waals surface area (Å²) >= 11 is 6.03. The summed E-state index contributed by atoms with van der Waals surface area (Å²) in [5.74, 6) is -0.0786. The third-order valence-corrected chi connectivity index (χ3v) is 3.60. The van der Waals surface area contributed by atoms with Crippen LogP contribution in [0.2, 0.25) is 0 Å². The highest BCUT2D eigenvalue weighted by Crippen LogP contribution is 2.16. The average molecular weight is 254 g/mol. The molecule has 1 atom stereocenters. The molecule has 1 unspecified atom stereocenters. The molecule has 0 spiro atoms. The number of halogens is 1. The second kappa shape index (κ2) is 5.54. The third-order valence-electron chi connectivity index (χ3n) is 3.05. The number of aryl methyl sites for hydroxylation is 1. The van der Waals surface area contributed by atoms with Gasteiger partial charge in [0.05, 0.1) is 10.9 Å². The standard InChI is InChI=1S/C14H20ClNO/c1-5-11-6-8-12(9-7-11)13(17)16-14(3,4)10(2)15/h6-10H,5H2,1-4H3,(H,16,17). The number of benzene rings is 1. The van der Waals surface area contributed by atoms with E-state index >= 15 is 0 Å². The minimum Gasteiger partial charge on any atom is -0.346 e. The zero-order valence-electron chi connectivity index (χ0n) is 10.9. The zero-order valence-corrected chi connectivity index (χ0v) is 11.6. The highest BCUT2D eigenvalue weighted by Gasteiger charge is 2.26. The van der Waals surface area contributed by atoms with E-state index in [-0.39, 0.29) is 11.3 Å². The molecule has 17 heavy (non-hydrogen) atoms. The Balaban J connectivity index is 2.76. The van der Waals surface area contributed by atoms with Gasteiger partial charge in [-0.2, -0.15) is 0 Å². The normalized spacial score (nSPS) is 13.2. The number of hydrogen-bond acceptors (Lipinski definition) is 1. The molecule has 1 N–H and O–H groups in total. The summed E-state index contributed by atoms with van der Waals surface area (Å²) in [6, 6.07) is 7.66. The van der Waals surface area contributed by atoms with Crippen molar-refractivity contribution >= 4 is 17.5 Å². The summed E-state index contributed by atoms with van der Waals surface area (Å²) in [5, 5.41) is 2.81. The monoisotopic (exact) mass is 253 g/mol. The molecule has 1 aromatic carbocycles. The largest absolute Gasteiger partial charge is 0.346 e. The van der Waals surface area contributed by atoms with Gasteiger partial charge < -0.3 is 5.32 Å². The van der Waals surface area contributed by atoms with Gasteiger partial charge in [-0.15, -0.1) is 11.6 Å². The fourth-order valence-electron chi connectivity index (χ4n) is 1.36. The van der Waals surface area contributed by atoms with Crippen LogP contribution >= 0.6 is 11.6 Å². The third kappa shape index (κ3) is 3.74. The molecule has 0 fully saturated rings. The lowest BCUT2D eigenvalue weighted by Gasteiger charge is -2.29. The van der Waals surface area contributed by atoms with Gasteiger partial charge in [-0.3, -0.25) is 4.79 Å². The fraction of sp³-hybridized carbons (Fsp3) is 0.500. The van der Waals surface area contributed by atoms with Gasteiger partial charge in [0, 0.05) is 5.56 Å². The second-order valence-electron chi connectivity index (χ2n) is 4.84. The Morgan fingerprint density at radius 2 is 1.88 bits per heavy atom. The van der Waals surface area contributed by atoms with E-state index in [4.69, 9.17) is 11.6 Å². The van der Waals surface area contributed by atoms with E-state index in [0.717, 1.165) is 6.42 Å². The molecule has 2 nitrogen and oxygen atoms in total. The van der Waals surface area contributed by atoms with Crippen LogP contribution in [-0.2, 0) is 6.42 Å². The lowest BCUT2D eigenvalue weighted by Crippen LogP contribution is -2.49. The first-order valence-electron chi connectivity index (χ1n) is 5.92. The van der Waals surface area contributed by atoms with Crippen LogP contribution in [-0.4, -0.2) is 16.8 Å². The molecule has 0 saturated heterocycles. The molecule has 94 valence electrons. The van der Waals surface area contributed by atoms with Crippen LogP contribution in [0.4, 0.5) is 0 Å². The smallest absolute Gasteiger partial charge is 0.251 e. The molecule has 1 aromatic rings. The first-order valence-corrected chi connectivity index (χ1v) is 6.36. The van der Waals surface area contributed by atoms with Gasteiger partial charge in [0.1, 0.15) is 0 Å². The van der Waals surface area contributed by atoms with Crippen molar-refractivity contribution in [3.63, 3.8) is 0 Å². The van der Waals surface area contributed by atoms with Gasteiger partial charge >= 0.3 is 0 Å². The fourth-order valence-corrected chi connectivity index (χ4v) is 1.41. The van der Waals surface area contributed by atoms with Crippen molar-refractivity contribution in [2.75, 3.05) is 0 Å². The SMILES string of the molecule is CCc1ccc(C(=O)NC(C)(C)C(C)Cl)cc1. The summed E-state index contributed by atoms with van der Waals surface area (Å²) in [6.07, 6.45) is 0.978. The van der Waals surface area contributed by atoms with Crippen LogP contribution in [0, 0.1) is 0 Å². The van der Waals surface area contributed by atoms with Gasteiger partial charge in [0.2, 0.25) is 0 Å². The van der Waals surface area contributed by atoms with Gasteiger partial charge in [-0.25, -0.2) is 0 Å². The lowest BCUT2D eigenvalue weighted by molar-refractivity contribution is 0.0912. The van der Waals surface area contributed by atoms with Crippen LogP contribution in [0.15, 0.2) is 24.3 Å². The van der Waals surface area contributed by atoms with E-state index in [0.29, 0.717) is 5.56 Å². The molecule has 0 aliphatic heterocycles. The molecule has 0 aliphatic rings. The number of carbonyl (C=O) groups excluding carboxylic acids is 1. The Morgan fingerprint density at radius 1 is 1.35 bits per heavy atom. The topological polar surface area (TPSA) is 29.1 Å². The quantitative estimate of drug-likeness (QED) is 0.819. The van der Waals surface area contributed by atoms with Gasteiger partial charge in [-0.1, -0.05) is 19.1 Å². The average Bonchev–Trinajstić information content (AvgIpc) is 2.28. The van der Waals surface area contributed by atoms with Crippen molar-refractivity contribution < 1.29 is 4.79 Å². The van der Waals surface area contributed by atoms with Crippen LogP contribution in [0.1, 0.15) is 43.6 Å². The van der Waals surface area contributed by atoms with Crippen LogP contribution in [0.5, 0.6) is 0 Å². The van der Waals surface area contributed by atoms with E-state index in [9.17, 15) is 4.79 Å². The molecule has 0 heterocycles. The Bertz CT molecular complexity index is 382. The van der Waals surface area contributed by atoms with Crippen molar-refractivity contribution in [3.8, 4) is 0 Å². The number of hydrogen-bond donors (Lipinski definition) is 1. The second-order valence-corrected chi connectivity index (χ2v) is 5.50. The Hall–Kier alpha value is -1.02. The van der Waals surface area contributed by atoms with E-state index in [1.165, 1.54) is 5.56 Å². The summed E-state index contributed by atoms with van der Waals surface area (Å²) < 4.78 is 0. The van der Waals surface area contributed by atoms with Crippen molar-refractivity contribution in [1.29, 1.82) is 0 Å². The first kappa shape index (κ1) is 14.0. The Labute approximate surface area is 108 Å². The number of carbonyl (C=O) groups is 1. The molecular formula is C14H20ClNO. The van der Waals surface area contributed by atoms with E-state index < -0.39 is 5.54 Å². The van der Waals surface area contributed by atoms with Gasteiger partial charge in [0.15, 0.2) is 0 Å². The van der Waals surface area contributed by atoms with Crippen LogP contribution in [0.25, 0.3) is 0 Å². The molecule has 0 bridgehead atoms. The minimum atomic E-state index is -0.415. The molecule has 3 heteroatoms. The van der Waals surface area contributed by atoms with E-state index in [2.05, 4.69) is 12.2 Å². The van der Waals surface area contributed by atoms with Crippen molar-refractivity contribution in [2.24, 2.45) is 0 Å². The predicted molar refractivity (Wildman–Crippen MR) is 72.7 cm³/mol. The Kier molecular flexibility index (Phi) is 4.58. The molecule has 1 rings (SSSR count). The summed E-state index contributed by atoms with van der Waals surface area (Å²) in [7, 11) is 0. The molecule has 0 saturated carbocycles. The number of amides is 1. The van der Waals surface area contributed by atoms with Crippen molar-refractivity contribution in [3.05, 3.63) is 35.4 Å². The highest BCUT2D eigenvalue weighted by atomic mass is 35.5.